The average molecular weight is 359 g/mol. The molecule has 0 bridgehead atoms. The van der Waals surface area contributed by atoms with Crippen LogP contribution in [0.25, 0.3) is 10.9 Å². The molecule has 1 fully saturated rings. The quantitative estimate of drug-likeness (QED) is 0.739. The van der Waals surface area contributed by atoms with Gasteiger partial charge >= 0.3 is 0 Å². The third-order valence-electron chi connectivity index (χ3n) is 5.08. The monoisotopic (exact) mass is 359 g/mol. The molecular formula is C18H21N3O3S. The van der Waals surface area contributed by atoms with Gasteiger partial charge in [-0.05, 0) is 43.9 Å². The van der Waals surface area contributed by atoms with Gasteiger partial charge in [-0.1, -0.05) is 12.8 Å². The predicted octanol–water partition coefficient (Wildman–Crippen LogP) is 2.66. The summed E-state index contributed by atoms with van der Waals surface area (Å²) in [4.78, 5) is 17.0. The van der Waals surface area contributed by atoms with Crippen LogP contribution in [0.2, 0.25) is 0 Å². The minimum atomic E-state index is -3.37. The highest BCUT2D eigenvalue weighted by molar-refractivity contribution is 7.90. The van der Waals surface area contributed by atoms with Crippen molar-refractivity contribution >= 4 is 20.7 Å². The van der Waals surface area contributed by atoms with Gasteiger partial charge in [0.2, 0.25) is 0 Å². The third-order valence-corrected chi connectivity index (χ3v) is 6.19. The number of nitrogens with zero attached hydrogens (tertiary/aromatic N) is 3. The Labute approximate surface area is 147 Å². The first-order chi connectivity index (χ1) is 11.8. The first-order valence-corrected chi connectivity index (χ1v) is 10.3. The van der Waals surface area contributed by atoms with Crippen molar-refractivity contribution in [3.8, 4) is 6.07 Å². The number of aromatic nitrogens is 2. The zero-order valence-corrected chi connectivity index (χ0v) is 15.1. The topological polar surface area (TPSA) is 92.8 Å². The summed E-state index contributed by atoms with van der Waals surface area (Å²) in [7, 11) is -3.37. The van der Waals surface area contributed by atoms with E-state index in [-0.39, 0.29) is 15.9 Å². The molecule has 0 unspecified atom stereocenters. The zero-order valence-electron chi connectivity index (χ0n) is 14.2. The molecule has 0 saturated heterocycles. The van der Waals surface area contributed by atoms with Gasteiger partial charge in [0.1, 0.15) is 0 Å². The van der Waals surface area contributed by atoms with E-state index in [1.165, 1.54) is 23.0 Å². The Kier molecular flexibility index (Phi) is 4.65. The van der Waals surface area contributed by atoms with Gasteiger partial charge in [0.15, 0.2) is 9.84 Å². The van der Waals surface area contributed by atoms with Crippen LogP contribution in [0.3, 0.4) is 0 Å². The van der Waals surface area contributed by atoms with Crippen molar-refractivity contribution in [1.82, 2.24) is 9.55 Å². The molecule has 1 heterocycles. The molecule has 0 atom stereocenters. The van der Waals surface area contributed by atoms with Crippen molar-refractivity contribution in [3.05, 3.63) is 34.9 Å². The summed E-state index contributed by atoms with van der Waals surface area (Å²) < 4.78 is 24.9. The molecule has 7 heteroatoms. The standard InChI is InChI=1S/C18H21N3O3S/c1-25(23,24)14-5-6-16-15(11-14)17(22)21(13-20-16)10-3-2-7-18(12-19)8-4-9-18/h5-6,11,13H,2-4,7-10H2,1H3. The lowest BCUT2D eigenvalue weighted by molar-refractivity contribution is 0.191. The molecule has 1 aromatic heterocycles. The summed E-state index contributed by atoms with van der Waals surface area (Å²) in [6, 6.07) is 6.86. The van der Waals surface area contributed by atoms with Crippen LogP contribution in [0, 0.1) is 16.7 Å². The highest BCUT2D eigenvalue weighted by Crippen LogP contribution is 2.44. The molecule has 3 rings (SSSR count). The highest BCUT2D eigenvalue weighted by Gasteiger charge is 2.36. The molecule has 2 aromatic rings. The van der Waals surface area contributed by atoms with Crippen LogP contribution in [0.4, 0.5) is 0 Å². The second kappa shape index (κ2) is 6.60. The fraction of sp³-hybridized carbons (Fsp3) is 0.500. The molecular weight excluding hydrogens is 338 g/mol. The second-order valence-corrected chi connectivity index (χ2v) is 8.91. The van der Waals surface area contributed by atoms with Crippen molar-refractivity contribution in [2.24, 2.45) is 5.41 Å². The number of sulfone groups is 1. The Balaban J connectivity index is 1.75. The highest BCUT2D eigenvalue weighted by atomic mass is 32.2. The Morgan fingerprint density at radius 1 is 1.32 bits per heavy atom. The predicted molar refractivity (Wildman–Crippen MR) is 94.9 cm³/mol. The lowest BCUT2D eigenvalue weighted by Crippen LogP contribution is -2.27. The van der Waals surface area contributed by atoms with E-state index >= 15 is 0 Å². The van der Waals surface area contributed by atoms with E-state index in [9.17, 15) is 18.5 Å². The van der Waals surface area contributed by atoms with E-state index < -0.39 is 9.84 Å². The van der Waals surface area contributed by atoms with E-state index in [0.717, 1.165) is 44.8 Å². The average Bonchev–Trinajstić information content (AvgIpc) is 2.54. The first kappa shape index (κ1) is 17.6. The van der Waals surface area contributed by atoms with Crippen molar-refractivity contribution < 1.29 is 8.42 Å². The number of hydrogen-bond donors (Lipinski definition) is 0. The van der Waals surface area contributed by atoms with Crippen molar-refractivity contribution in [2.75, 3.05) is 6.26 Å². The Bertz CT molecular complexity index is 998. The number of hydrogen-bond acceptors (Lipinski definition) is 5. The van der Waals surface area contributed by atoms with E-state index in [4.69, 9.17) is 0 Å². The summed E-state index contributed by atoms with van der Waals surface area (Å²) in [5, 5.41) is 9.56. The summed E-state index contributed by atoms with van der Waals surface area (Å²) in [6.07, 6.45) is 8.28. The molecule has 0 radical (unpaired) electrons. The molecule has 1 saturated carbocycles. The number of rotatable bonds is 6. The van der Waals surface area contributed by atoms with E-state index in [0.29, 0.717) is 17.4 Å². The second-order valence-electron chi connectivity index (χ2n) is 6.90. The Morgan fingerprint density at radius 2 is 2.08 bits per heavy atom. The van der Waals surface area contributed by atoms with E-state index in [2.05, 4.69) is 11.1 Å². The number of benzene rings is 1. The van der Waals surface area contributed by atoms with E-state index in [1.807, 2.05) is 0 Å². The summed E-state index contributed by atoms with van der Waals surface area (Å²) >= 11 is 0. The molecule has 0 N–H and O–H groups in total. The van der Waals surface area contributed by atoms with Crippen LogP contribution >= 0.6 is 0 Å². The third kappa shape index (κ3) is 3.59. The maximum absolute atomic E-state index is 12.6. The molecule has 1 aliphatic rings. The normalized spacial score (nSPS) is 16.3. The summed E-state index contributed by atoms with van der Waals surface area (Å²) in [5.74, 6) is 0. The van der Waals surface area contributed by atoms with Crippen molar-refractivity contribution in [1.29, 1.82) is 5.26 Å². The fourth-order valence-electron chi connectivity index (χ4n) is 3.29. The van der Waals surface area contributed by atoms with Gasteiger partial charge in [0.25, 0.3) is 5.56 Å². The van der Waals surface area contributed by atoms with Crippen LogP contribution < -0.4 is 5.56 Å². The molecule has 25 heavy (non-hydrogen) atoms. The minimum absolute atomic E-state index is 0.123. The van der Waals surface area contributed by atoms with Gasteiger partial charge in [-0.25, -0.2) is 13.4 Å². The van der Waals surface area contributed by atoms with Gasteiger partial charge in [-0.2, -0.15) is 5.26 Å². The smallest absolute Gasteiger partial charge is 0.261 e. The van der Waals surface area contributed by atoms with Crippen LogP contribution in [-0.2, 0) is 16.4 Å². The Hall–Kier alpha value is -2.20. The number of fused-ring (bicyclic) bond motifs is 1. The molecule has 6 nitrogen and oxygen atoms in total. The van der Waals surface area contributed by atoms with Gasteiger partial charge in [-0.15, -0.1) is 0 Å². The lowest BCUT2D eigenvalue weighted by atomic mass is 9.67. The van der Waals surface area contributed by atoms with Crippen molar-refractivity contribution in [3.63, 3.8) is 0 Å². The van der Waals surface area contributed by atoms with Gasteiger partial charge in [0, 0.05) is 12.8 Å². The maximum Gasteiger partial charge on any atom is 0.261 e. The molecule has 132 valence electrons. The van der Waals surface area contributed by atoms with Gasteiger partial charge in [-0.3, -0.25) is 9.36 Å². The zero-order chi connectivity index (χ0) is 18.1. The maximum atomic E-state index is 12.6. The van der Waals surface area contributed by atoms with Crippen LogP contribution in [0.1, 0.15) is 38.5 Å². The fourth-order valence-corrected chi connectivity index (χ4v) is 3.94. The Morgan fingerprint density at radius 3 is 2.68 bits per heavy atom. The molecule has 0 spiro atoms. The van der Waals surface area contributed by atoms with Crippen LogP contribution in [0.5, 0.6) is 0 Å². The van der Waals surface area contributed by atoms with Crippen LogP contribution in [-0.4, -0.2) is 24.2 Å². The molecule has 0 aliphatic heterocycles. The number of nitriles is 1. The summed E-state index contributed by atoms with van der Waals surface area (Å²) in [6.45, 7) is 0.520. The SMILES string of the molecule is CS(=O)(=O)c1ccc2ncn(CCCCC3(C#N)CCC3)c(=O)c2c1. The molecule has 0 amide bonds. The first-order valence-electron chi connectivity index (χ1n) is 8.45. The minimum Gasteiger partial charge on any atom is -0.299 e. The number of aryl methyl sites for hydroxylation is 1. The largest absolute Gasteiger partial charge is 0.299 e. The molecule has 1 aromatic carbocycles. The number of unbranched alkanes of at least 4 members (excludes halogenated alkanes) is 1. The lowest BCUT2D eigenvalue weighted by Gasteiger charge is -2.35. The molecule has 1 aliphatic carbocycles. The van der Waals surface area contributed by atoms with E-state index in [1.54, 1.807) is 6.07 Å². The van der Waals surface area contributed by atoms with Gasteiger partial charge < -0.3 is 0 Å². The summed E-state index contributed by atoms with van der Waals surface area (Å²) in [5.41, 5.74) is 0.123. The van der Waals surface area contributed by atoms with Gasteiger partial charge in [0.05, 0.1) is 33.6 Å². The van der Waals surface area contributed by atoms with Crippen LogP contribution in [0.15, 0.2) is 34.2 Å². The van der Waals surface area contributed by atoms with Crippen molar-refractivity contribution in [2.45, 2.75) is 50.0 Å².